The van der Waals surface area contributed by atoms with Crippen molar-refractivity contribution in [2.24, 2.45) is 0 Å². The second-order valence-electron chi connectivity index (χ2n) is 6.78. The van der Waals surface area contributed by atoms with E-state index >= 15 is 0 Å². The number of fused-ring (bicyclic) bond motifs is 1. The number of anilines is 1. The number of alkyl halides is 5. The summed E-state index contributed by atoms with van der Waals surface area (Å²) in [6.45, 7) is 1.59. The van der Waals surface area contributed by atoms with Crippen molar-refractivity contribution in [3.63, 3.8) is 0 Å². The zero-order valence-electron chi connectivity index (χ0n) is 15.7. The predicted molar refractivity (Wildman–Crippen MR) is 89.2 cm³/mol. The van der Waals surface area contributed by atoms with E-state index in [-0.39, 0.29) is 36.0 Å². The van der Waals surface area contributed by atoms with Crippen molar-refractivity contribution in [2.45, 2.75) is 45.0 Å². The molecule has 15 heteroatoms. The lowest BCUT2D eigenvalue weighted by molar-refractivity contribution is -0.190. The van der Waals surface area contributed by atoms with Crippen LogP contribution < -0.4 is 9.64 Å². The summed E-state index contributed by atoms with van der Waals surface area (Å²) in [7, 11) is 0. The van der Waals surface area contributed by atoms with Gasteiger partial charge >= 0.3 is 12.2 Å². The lowest BCUT2D eigenvalue weighted by atomic mass is 10.3. The van der Waals surface area contributed by atoms with Crippen molar-refractivity contribution < 1.29 is 31.1 Å². The maximum atomic E-state index is 13.7. The number of hydrogen-bond acceptors (Lipinski definition) is 9. The topological polar surface area (TPSA) is 108 Å². The van der Waals surface area contributed by atoms with Crippen LogP contribution in [0.1, 0.15) is 25.1 Å². The molecule has 1 aliphatic rings. The average molecular weight is 434 g/mol. The summed E-state index contributed by atoms with van der Waals surface area (Å²) in [6.07, 6.45) is -7.30. The van der Waals surface area contributed by atoms with Crippen molar-refractivity contribution in [1.82, 2.24) is 35.2 Å². The van der Waals surface area contributed by atoms with Gasteiger partial charge in [0.1, 0.15) is 6.54 Å². The number of aromatic nitrogens is 7. The molecule has 0 saturated carbocycles. The third-order valence-electron chi connectivity index (χ3n) is 4.31. The van der Waals surface area contributed by atoms with Crippen molar-refractivity contribution in [2.75, 3.05) is 18.0 Å². The Bertz CT molecular complexity index is 1070. The van der Waals surface area contributed by atoms with Crippen molar-refractivity contribution in [3.05, 3.63) is 11.8 Å². The van der Waals surface area contributed by atoms with E-state index in [0.29, 0.717) is 5.89 Å². The molecule has 0 amide bonds. The van der Waals surface area contributed by atoms with Crippen LogP contribution in [-0.4, -0.2) is 66.5 Å². The lowest BCUT2D eigenvalue weighted by Crippen LogP contribution is -2.32. The maximum absolute atomic E-state index is 13.7. The number of halogens is 5. The van der Waals surface area contributed by atoms with Gasteiger partial charge in [-0.05, 0) is 6.92 Å². The van der Waals surface area contributed by atoms with Gasteiger partial charge in [-0.25, -0.2) is 8.78 Å². The second-order valence-corrected chi connectivity index (χ2v) is 6.78. The number of rotatable bonds is 5. The van der Waals surface area contributed by atoms with Crippen molar-refractivity contribution in [3.8, 4) is 6.01 Å². The number of aryl methyl sites for hydroxylation is 1. The summed E-state index contributed by atoms with van der Waals surface area (Å²) >= 11 is 0. The van der Waals surface area contributed by atoms with Gasteiger partial charge in [-0.1, -0.05) is 0 Å². The van der Waals surface area contributed by atoms with Crippen LogP contribution in [0.15, 0.2) is 4.42 Å². The van der Waals surface area contributed by atoms with E-state index in [0.717, 1.165) is 11.7 Å². The maximum Gasteiger partial charge on any atom is 0.425 e. The van der Waals surface area contributed by atoms with Gasteiger partial charge in [-0.2, -0.15) is 27.9 Å². The summed E-state index contributed by atoms with van der Waals surface area (Å²) in [4.78, 5) is 10.1. The molecular formula is C15H15F5N8O2. The van der Waals surface area contributed by atoms with Crippen molar-refractivity contribution >= 4 is 17.0 Å². The van der Waals surface area contributed by atoms with Gasteiger partial charge in [-0.15, -0.1) is 20.4 Å². The van der Waals surface area contributed by atoms with Crippen LogP contribution in [0.25, 0.3) is 11.2 Å². The smallest absolute Gasteiger partial charge is 0.425 e. The minimum Gasteiger partial charge on any atom is -0.451 e. The van der Waals surface area contributed by atoms with Crippen LogP contribution in [0.5, 0.6) is 6.01 Å². The zero-order valence-corrected chi connectivity index (χ0v) is 15.7. The fourth-order valence-electron chi connectivity index (χ4n) is 2.83. The highest BCUT2D eigenvalue weighted by Crippen LogP contribution is 2.34. The van der Waals surface area contributed by atoms with Crippen LogP contribution in [0.4, 0.5) is 27.8 Å². The van der Waals surface area contributed by atoms with Gasteiger partial charge < -0.3 is 14.1 Å². The van der Waals surface area contributed by atoms with E-state index in [1.807, 2.05) is 0 Å². The first-order chi connectivity index (χ1) is 14.0. The quantitative estimate of drug-likeness (QED) is 0.558. The Morgan fingerprint density at radius 3 is 2.57 bits per heavy atom. The monoisotopic (exact) mass is 434 g/mol. The van der Waals surface area contributed by atoms with Gasteiger partial charge in [-0.3, -0.25) is 0 Å². The Morgan fingerprint density at radius 2 is 1.97 bits per heavy atom. The fraction of sp³-hybridized carbons (Fsp3) is 0.600. The summed E-state index contributed by atoms with van der Waals surface area (Å²) < 4.78 is 76.0. The molecule has 0 aliphatic carbocycles. The highest BCUT2D eigenvalue weighted by atomic mass is 19.4. The van der Waals surface area contributed by atoms with Crippen LogP contribution in [0, 0.1) is 6.92 Å². The number of nitrogens with zero attached hydrogens (tertiary/aromatic N) is 8. The van der Waals surface area contributed by atoms with E-state index in [2.05, 4.69) is 30.4 Å². The van der Waals surface area contributed by atoms with E-state index in [9.17, 15) is 22.0 Å². The Kier molecular flexibility index (Phi) is 4.69. The molecule has 1 unspecified atom stereocenters. The van der Waals surface area contributed by atoms with Crippen molar-refractivity contribution in [1.29, 1.82) is 0 Å². The molecule has 0 bridgehead atoms. The zero-order chi connectivity index (χ0) is 21.7. The van der Waals surface area contributed by atoms with Crippen LogP contribution in [0.2, 0.25) is 0 Å². The van der Waals surface area contributed by atoms with Gasteiger partial charge in [0.25, 0.3) is 5.92 Å². The normalized spacial score (nSPS) is 17.6. The van der Waals surface area contributed by atoms with Gasteiger partial charge in [0.05, 0.1) is 6.54 Å². The first kappa shape index (κ1) is 20.2. The van der Waals surface area contributed by atoms with E-state index in [1.54, 1.807) is 6.92 Å². The Balaban J connectivity index is 1.72. The average Bonchev–Trinajstić information content (AvgIpc) is 3.32. The molecular weight excluding hydrogens is 419 g/mol. The van der Waals surface area contributed by atoms with Crippen LogP contribution in [-0.2, 0) is 6.54 Å². The summed E-state index contributed by atoms with van der Waals surface area (Å²) in [5, 5.41) is 15.7. The van der Waals surface area contributed by atoms with Crippen LogP contribution >= 0.6 is 0 Å². The third kappa shape index (κ3) is 4.09. The first-order valence-corrected chi connectivity index (χ1v) is 8.78. The summed E-state index contributed by atoms with van der Waals surface area (Å²) in [6, 6.07) is -0.641. The molecule has 0 radical (unpaired) electrons. The van der Waals surface area contributed by atoms with Gasteiger partial charge in [0, 0.05) is 19.9 Å². The second kappa shape index (κ2) is 6.98. The predicted octanol–water partition coefficient (Wildman–Crippen LogP) is 2.14. The molecule has 0 N–H and O–H groups in total. The standard InChI is InChI=1S/C15H15F5N8O2/c1-7(15(18,19)20)29-13-21-11-10(12(22-13)27-4-3-14(16,17)6-27)25-28(26-11)5-9-24-23-8(2)30-9/h7H,3-6H2,1-2H3. The molecule has 0 spiro atoms. The van der Waals surface area contributed by atoms with Crippen LogP contribution in [0.3, 0.4) is 0 Å². The molecule has 1 saturated heterocycles. The lowest BCUT2D eigenvalue weighted by Gasteiger charge is -2.19. The number of ether oxygens (including phenoxy) is 1. The fourth-order valence-corrected chi connectivity index (χ4v) is 2.83. The molecule has 4 rings (SSSR count). The molecule has 3 aromatic heterocycles. The van der Waals surface area contributed by atoms with Gasteiger partial charge in [0.15, 0.2) is 17.4 Å². The molecule has 1 aliphatic heterocycles. The minimum atomic E-state index is -4.66. The molecule has 162 valence electrons. The Hall–Kier alpha value is -3.13. The molecule has 10 nitrogen and oxygen atoms in total. The molecule has 30 heavy (non-hydrogen) atoms. The Morgan fingerprint density at radius 1 is 1.20 bits per heavy atom. The van der Waals surface area contributed by atoms with E-state index < -0.39 is 37.2 Å². The third-order valence-corrected chi connectivity index (χ3v) is 4.31. The molecule has 0 aromatic carbocycles. The highest BCUT2D eigenvalue weighted by molar-refractivity contribution is 5.83. The largest absolute Gasteiger partial charge is 0.451 e. The minimum absolute atomic E-state index is 0.0379. The molecule has 1 fully saturated rings. The highest BCUT2D eigenvalue weighted by Gasteiger charge is 2.41. The summed E-state index contributed by atoms with van der Waals surface area (Å²) in [5.41, 5.74) is -0.0771. The first-order valence-electron chi connectivity index (χ1n) is 8.78. The van der Waals surface area contributed by atoms with E-state index in [1.165, 1.54) is 4.90 Å². The molecule has 3 aromatic rings. The Labute approximate surface area is 165 Å². The summed E-state index contributed by atoms with van der Waals surface area (Å²) in [5.74, 6) is -2.56. The molecule has 4 heterocycles. The molecule has 1 atom stereocenters. The van der Waals surface area contributed by atoms with E-state index in [4.69, 9.17) is 9.15 Å². The van der Waals surface area contributed by atoms with Gasteiger partial charge in [0.2, 0.25) is 17.4 Å². The SMILES string of the molecule is Cc1nnc(Cn2nc3nc(OC(C)C(F)(F)F)nc(N4CCC(F)(F)C4)c3n2)o1. The number of hydrogen-bond donors (Lipinski definition) is 0.